The number of nitrogens with zero attached hydrogens (tertiary/aromatic N) is 2. The fourth-order valence-corrected chi connectivity index (χ4v) is 6.53. The quantitative estimate of drug-likeness (QED) is 0.0660. The number of benzene rings is 3. The molecule has 54 heavy (non-hydrogen) atoms. The van der Waals surface area contributed by atoms with Crippen molar-refractivity contribution in [3.8, 4) is 5.75 Å². The molecule has 4 aromatic rings. The van der Waals surface area contributed by atoms with E-state index in [9.17, 15) is 14.4 Å². The fourth-order valence-electron chi connectivity index (χ4n) is 5.81. The van der Waals surface area contributed by atoms with Crippen molar-refractivity contribution in [2.24, 2.45) is 0 Å². The molecule has 11 nitrogen and oxygen atoms in total. The van der Waals surface area contributed by atoms with E-state index in [-0.39, 0.29) is 56.8 Å². The molecule has 3 N–H and O–H groups in total. The van der Waals surface area contributed by atoms with Gasteiger partial charge in [-0.15, -0.1) is 17.9 Å². The van der Waals surface area contributed by atoms with Gasteiger partial charge < -0.3 is 35.1 Å². The number of urea groups is 1. The molecule has 292 valence electrons. The molecule has 1 aromatic heterocycles. The molecular weight excluding hydrogens is 723 g/mol. The molecule has 13 heteroatoms. The third-order valence-electron chi connectivity index (χ3n) is 8.13. The average molecular weight is 778 g/mol. The van der Waals surface area contributed by atoms with E-state index in [1.54, 1.807) is 16.5 Å². The van der Waals surface area contributed by atoms with E-state index < -0.39 is 24.4 Å². The van der Waals surface area contributed by atoms with Gasteiger partial charge in [-0.1, -0.05) is 60.7 Å². The third kappa shape index (κ3) is 14.4. The van der Waals surface area contributed by atoms with Crippen LogP contribution in [0.25, 0.3) is 10.2 Å². The number of fused-ring (bicyclic) bond motifs is 1. The minimum absolute atomic E-state index is 0. The maximum absolute atomic E-state index is 14.7. The summed E-state index contributed by atoms with van der Waals surface area (Å²) >= 11 is 1.53. The Morgan fingerprint density at radius 2 is 1.63 bits per heavy atom. The van der Waals surface area contributed by atoms with Gasteiger partial charge in [0.15, 0.2) is 6.29 Å². The Kier molecular flexibility index (Phi) is 18.0. The zero-order chi connectivity index (χ0) is 38.2. The second kappa shape index (κ2) is 22.1. The first-order valence-corrected chi connectivity index (χ1v) is 19.0. The van der Waals surface area contributed by atoms with E-state index in [1.165, 1.54) is 11.3 Å². The molecule has 4 amide bonds. The number of hydrogen-bond donors (Lipinski definition) is 3. The standard InChI is InChI=1S/C41H53N5O6S.H2S/c1-7-14-32(44-40(49)42-25-30-15-11-10-12-16-30)24-36(47)45-34(23-29-19-21-33(22-20-29)52-41(4,5)6)39(48)46(27-37(50-8-2)51-9-3)26-31-17-13-18-35-38(31)43-28-53-35;/h7,10-13,15-22,28,32,34,37H,1,8-9,14,23-27H2,2-6H3,(H,45,47)(H2,42,44,49);1H2/t32-,34+;/m1./s1. The number of nitrogens with one attached hydrogen (secondary N) is 3. The summed E-state index contributed by atoms with van der Waals surface area (Å²) < 4.78 is 18.8. The van der Waals surface area contributed by atoms with Crippen LogP contribution in [0.1, 0.15) is 64.2 Å². The third-order valence-corrected chi connectivity index (χ3v) is 8.92. The molecule has 0 spiro atoms. The molecule has 3 aromatic carbocycles. The van der Waals surface area contributed by atoms with E-state index in [1.807, 2.05) is 107 Å². The van der Waals surface area contributed by atoms with Crippen molar-refractivity contribution in [1.29, 1.82) is 0 Å². The van der Waals surface area contributed by atoms with Crippen LogP contribution in [0.3, 0.4) is 0 Å². The maximum atomic E-state index is 14.7. The lowest BCUT2D eigenvalue weighted by atomic mass is 10.0. The molecular formula is C41H55N5O6S2. The van der Waals surface area contributed by atoms with Crippen LogP contribution < -0.4 is 20.7 Å². The first kappa shape index (κ1) is 44.0. The number of rotatable bonds is 20. The van der Waals surface area contributed by atoms with Crippen molar-refractivity contribution >= 4 is 52.9 Å². The summed E-state index contributed by atoms with van der Waals surface area (Å²) in [5.41, 5.74) is 4.88. The van der Waals surface area contributed by atoms with Gasteiger partial charge in [-0.2, -0.15) is 13.5 Å². The number of para-hydroxylation sites is 1. The Morgan fingerprint density at radius 1 is 0.926 bits per heavy atom. The summed E-state index contributed by atoms with van der Waals surface area (Å²) in [6.07, 6.45) is 1.48. The van der Waals surface area contributed by atoms with E-state index in [4.69, 9.17) is 14.2 Å². The molecule has 0 radical (unpaired) electrons. The van der Waals surface area contributed by atoms with Gasteiger partial charge in [0.1, 0.15) is 17.4 Å². The Morgan fingerprint density at radius 3 is 2.28 bits per heavy atom. The van der Waals surface area contributed by atoms with Gasteiger partial charge >= 0.3 is 6.03 Å². The second-order valence-corrected chi connectivity index (χ2v) is 14.5. The van der Waals surface area contributed by atoms with Gasteiger partial charge in [0.05, 0.1) is 22.3 Å². The van der Waals surface area contributed by atoms with Crippen molar-refractivity contribution in [2.75, 3.05) is 19.8 Å². The molecule has 0 saturated carbocycles. The van der Waals surface area contributed by atoms with Gasteiger partial charge in [-0.25, -0.2) is 9.78 Å². The second-order valence-electron chi connectivity index (χ2n) is 13.6. The summed E-state index contributed by atoms with van der Waals surface area (Å²) in [5.74, 6) is 0.00380. The van der Waals surface area contributed by atoms with Gasteiger partial charge in [0.2, 0.25) is 11.8 Å². The lowest BCUT2D eigenvalue weighted by Gasteiger charge is -2.31. The monoisotopic (exact) mass is 777 g/mol. The zero-order valence-electron chi connectivity index (χ0n) is 31.9. The van der Waals surface area contributed by atoms with Crippen LogP contribution in [-0.2, 0) is 38.6 Å². The van der Waals surface area contributed by atoms with Crippen molar-refractivity contribution in [1.82, 2.24) is 25.8 Å². The van der Waals surface area contributed by atoms with Crippen molar-refractivity contribution in [3.63, 3.8) is 0 Å². The molecule has 1 heterocycles. The highest BCUT2D eigenvalue weighted by Gasteiger charge is 2.30. The van der Waals surface area contributed by atoms with E-state index in [0.29, 0.717) is 31.9 Å². The predicted octanol–water partition coefficient (Wildman–Crippen LogP) is 6.88. The lowest BCUT2D eigenvalue weighted by molar-refractivity contribution is -0.161. The van der Waals surface area contributed by atoms with Crippen LogP contribution in [0.2, 0.25) is 0 Å². The molecule has 0 unspecified atom stereocenters. The van der Waals surface area contributed by atoms with Crippen LogP contribution in [-0.4, -0.2) is 71.5 Å². The molecule has 0 aliphatic rings. The number of aromatic nitrogens is 1. The topological polar surface area (TPSA) is 131 Å². The smallest absolute Gasteiger partial charge is 0.315 e. The van der Waals surface area contributed by atoms with Gasteiger partial charge in [0.25, 0.3) is 0 Å². The number of carbonyl (C=O) groups is 3. The number of ether oxygens (including phenoxy) is 3. The van der Waals surface area contributed by atoms with E-state index >= 15 is 0 Å². The highest BCUT2D eigenvalue weighted by Crippen LogP contribution is 2.24. The zero-order valence-corrected chi connectivity index (χ0v) is 33.7. The highest BCUT2D eigenvalue weighted by atomic mass is 32.1. The first-order valence-electron chi connectivity index (χ1n) is 18.1. The van der Waals surface area contributed by atoms with Crippen LogP contribution >= 0.6 is 24.8 Å². The number of thiazole rings is 1. The molecule has 0 fully saturated rings. The summed E-state index contributed by atoms with van der Waals surface area (Å²) in [6.45, 7) is 15.0. The van der Waals surface area contributed by atoms with Crippen LogP contribution in [0, 0.1) is 0 Å². The van der Waals surface area contributed by atoms with E-state index in [0.717, 1.165) is 26.9 Å². The van der Waals surface area contributed by atoms with E-state index in [2.05, 4.69) is 27.5 Å². The summed E-state index contributed by atoms with van der Waals surface area (Å²) in [5, 5.41) is 8.74. The fraction of sp³-hybridized carbons (Fsp3) is 0.415. The largest absolute Gasteiger partial charge is 0.488 e. The van der Waals surface area contributed by atoms with Crippen molar-refractivity contribution < 1.29 is 28.6 Å². The number of hydrogen-bond acceptors (Lipinski definition) is 8. The molecule has 0 aliphatic heterocycles. The number of amides is 4. The van der Waals surface area contributed by atoms with Gasteiger partial charge in [-0.05, 0) is 75.9 Å². The molecule has 0 saturated heterocycles. The molecule has 0 bridgehead atoms. The Bertz CT molecular complexity index is 1760. The Balaban J connectivity index is 0.00000784. The summed E-state index contributed by atoms with van der Waals surface area (Å²) in [6, 6.07) is 21.1. The molecule has 2 atom stereocenters. The predicted molar refractivity (Wildman–Crippen MR) is 220 cm³/mol. The first-order chi connectivity index (χ1) is 25.5. The van der Waals surface area contributed by atoms with Crippen LogP contribution in [0.5, 0.6) is 5.75 Å². The molecule has 4 rings (SSSR count). The Labute approximate surface area is 330 Å². The lowest BCUT2D eigenvalue weighted by Crippen LogP contribution is -2.52. The average Bonchev–Trinajstić information content (AvgIpc) is 3.61. The van der Waals surface area contributed by atoms with Crippen molar-refractivity contribution in [3.05, 3.63) is 108 Å². The Hall–Kier alpha value is -4.43. The normalized spacial score (nSPS) is 12.3. The van der Waals surface area contributed by atoms with Crippen molar-refractivity contribution in [2.45, 2.75) is 90.9 Å². The minimum Gasteiger partial charge on any atom is -0.488 e. The maximum Gasteiger partial charge on any atom is 0.315 e. The number of carbonyl (C=O) groups excluding carboxylic acids is 3. The van der Waals surface area contributed by atoms with Crippen LogP contribution in [0.4, 0.5) is 4.79 Å². The minimum atomic E-state index is -0.952. The van der Waals surface area contributed by atoms with Crippen LogP contribution in [0.15, 0.2) is 91.0 Å². The summed E-state index contributed by atoms with van der Waals surface area (Å²) in [7, 11) is 0. The SMILES string of the molecule is C=CC[C@H](CC(=O)N[C@@H](Cc1ccc(OC(C)(C)C)cc1)C(=O)N(Cc1cccc2scnc12)CC(OCC)OCC)NC(=O)NCc1ccccc1.S. The highest BCUT2D eigenvalue weighted by molar-refractivity contribution is 7.59. The summed E-state index contributed by atoms with van der Waals surface area (Å²) in [4.78, 5) is 47.6. The molecule has 0 aliphatic carbocycles. The van der Waals surface area contributed by atoms with Gasteiger partial charge in [-0.3, -0.25) is 9.59 Å². The van der Waals surface area contributed by atoms with Gasteiger partial charge in [0, 0.05) is 45.2 Å².